The van der Waals surface area contributed by atoms with Crippen molar-refractivity contribution in [3.63, 3.8) is 0 Å². The van der Waals surface area contributed by atoms with Gasteiger partial charge in [-0.2, -0.15) is 4.31 Å². The average molecular weight is 467 g/mol. The Morgan fingerprint density at radius 3 is 2.58 bits per heavy atom. The zero-order valence-corrected chi connectivity index (χ0v) is 18.8. The SMILES string of the molecule is Cc1cccc(C(=O)OCC(=O)Nc2cc(S(=O)(=O)N3CCOCC3)ccc2Cl)c1C. The monoisotopic (exact) mass is 466 g/mol. The standard InChI is InChI=1S/C21H23ClN2O6S/c1-14-4-3-5-17(15(14)2)21(26)30-13-20(25)23-19-12-16(6-7-18(19)22)31(27,28)24-8-10-29-11-9-24/h3-7,12H,8-11,13H2,1-2H3,(H,23,25). The van der Waals surface area contributed by atoms with Crippen molar-refractivity contribution in [2.75, 3.05) is 38.2 Å². The number of nitrogens with one attached hydrogen (secondary N) is 1. The molecule has 2 aromatic carbocycles. The molecule has 0 saturated carbocycles. The van der Waals surface area contributed by atoms with E-state index < -0.39 is 28.5 Å². The first-order chi connectivity index (χ1) is 14.7. The Bertz CT molecular complexity index is 1100. The number of ether oxygens (including phenoxy) is 2. The molecule has 31 heavy (non-hydrogen) atoms. The highest BCUT2D eigenvalue weighted by Crippen LogP contribution is 2.27. The Balaban J connectivity index is 1.68. The molecule has 0 aromatic heterocycles. The number of amides is 1. The number of hydrogen-bond acceptors (Lipinski definition) is 6. The molecule has 10 heteroatoms. The van der Waals surface area contributed by atoms with Gasteiger partial charge in [-0.1, -0.05) is 23.7 Å². The van der Waals surface area contributed by atoms with Gasteiger partial charge < -0.3 is 14.8 Å². The molecule has 0 atom stereocenters. The highest BCUT2D eigenvalue weighted by atomic mass is 35.5. The number of carbonyl (C=O) groups excluding carboxylic acids is 2. The topological polar surface area (TPSA) is 102 Å². The third-order valence-corrected chi connectivity index (χ3v) is 7.20. The van der Waals surface area contributed by atoms with Crippen molar-refractivity contribution < 1.29 is 27.5 Å². The predicted molar refractivity (Wildman–Crippen MR) is 116 cm³/mol. The molecule has 0 spiro atoms. The van der Waals surface area contributed by atoms with Crippen LogP contribution in [0.15, 0.2) is 41.3 Å². The van der Waals surface area contributed by atoms with Crippen LogP contribution >= 0.6 is 11.6 Å². The summed E-state index contributed by atoms with van der Waals surface area (Å²) in [6, 6.07) is 9.30. The normalized spacial score (nSPS) is 14.8. The van der Waals surface area contributed by atoms with Crippen LogP contribution in [0.2, 0.25) is 5.02 Å². The van der Waals surface area contributed by atoms with Crippen LogP contribution in [0.5, 0.6) is 0 Å². The lowest BCUT2D eigenvalue weighted by Gasteiger charge is -2.26. The Morgan fingerprint density at radius 2 is 1.87 bits per heavy atom. The first kappa shape index (κ1) is 23.2. The molecule has 1 saturated heterocycles. The van der Waals surface area contributed by atoms with Crippen molar-refractivity contribution >= 4 is 39.2 Å². The molecule has 1 aliphatic rings. The minimum Gasteiger partial charge on any atom is -0.452 e. The van der Waals surface area contributed by atoms with Gasteiger partial charge in [-0.25, -0.2) is 13.2 Å². The quantitative estimate of drug-likeness (QED) is 0.657. The van der Waals surface area contributed by atoms with Gasteiger partial charge in [0.1, 0.15) is 0 Å². The third kappa shape index (κ3) is 5.43. The number of morpholine rings is 1. The van der Waals surface area contributed by atoms with E-state index in [1.807, 2.05) is 13.0 Å². The molecule has 1 fully saturated rings. The Labute approximate surface area is 186 Å². The van der Waals surface area contributed by atoms with Gasteiger partial charge in [0.15, 0.2) is 6.61 Å². The first-order valence-electron chi connectivity index (χ1n) is 9.61. The molecule has 8 nitrogen and oxygen atoms in total. The number of rotatable bonds is 6. The number of aryl methyl sites for hydroxylation is 1. The zero-order valence-electron chi connectivity index (χ0n) is 17.2. The van der Waals surface area contributed by atoms with Gasteiger partial charge in [0.25, 0.3) is 5.91 Å². The molecule has 1 amide bonds. The van der Waals surface area contributed by atoms with Crippen LogP contribution in [-0.2, 0) is 24.3 Å². The van der Waals surface area contributed by atoms with Gasteiger partial charge in [-0.3, -0.25) is 4.79 Å². The molecule has 0 radical (unpaired) electrons. The maximum absolute atomic E-state index is 12.8. The van der Waals surface area contributed by atoms with Crippen LogP contribution < -0.4 is 5.32 Å². The molecule has 2 aromatic rings. The van der Waals surface area contributed by atoms with E-state index in [9.17, 15) is 18.0 Å². The largest absolute Gasteiger partial charge is 0.452 e. The summed E-state index contributed by atoms with van der Waals surface area (Å²) in [7, 11) is -3.75. The average Bonchev–Trinajstić information content (AvgIpc) is 2.76. The molecule has 1 heterocycles. The smallest absolute Gasteiger partial charge is 0.338 e. The summed E-state index contributed by atoms with van der Waals surface area (Å²) in [5.74, 6) is -1.26. The highest BCUT2D eigenvalue weighted by Gasteiger charge is 2.27. The molecule has 1 N–H and O–H groups in total. The summed E-state index contributed by atoms with van der Waals surface area (Å²) >= 11 is 6.12. The van der Waals surface area contributed by atoms with Crippen molar-refractivity contribution in [2.24, 2.45) is 0 Å². The van der Waals surface area contributed by atoms with Crippen LogP contribution in [0.25, 0.3) is 0 Å². The molecule has 0 unspecified atom stereocenters. The maximum Gasteiger partial charge on any atom is 0.338 e. The number of nitrogens with zero attached hydrogens (tertiary/aromatic N) is 1. The van der Waals surface area contributed by atoms with Crippen LogP contribution in [0, 0.1) is 13.8 Å². The van der Waals surface area contributed by atoms with Gasteiger partial charge in [0.05, 0.1) is 34.4 Å². The van der Waals surface area contributed by atoms with Crippen LogP contribution in [-0.4, -0.2) is 57.5 Å². The molecule has 3 rings (SSSR count). The summed E-state index contributed by atoms with van der Waals surface area (Å²) in [5.41, 5.74) is 2.20. The van der Waals surface area contributed by atoms with Crippen LogP contribution in [0.4, 0.5) is 5.69 Å². The summed E-state index contributed by atoms with van der Waals surface area (Å²) in [6.07, 6.45) is 0. The van der Waals surface area contributed by atoms with E-state index in [0.29, 0.717) is 18.8 Å². The number of esters is 1. The fraction of sp³-hybridized carbons (Fsp3) is 0.333. The van der Waals surface area contributed by atoms with E-state index in [0.717, 1.165) is 11.1 Å². The second-order valence-corrected chi connectivity index (χ2v) is 9.38. The van der Waals surface area contributed by atoms with Gasteiger partial charge in [0.2, 0.25) is 10.0 Å². The minimum atomic E-state index is -3.75. The van der Waals surface area contributed by atoms with Crippen molar-refractivity contribution in [1.82, 2.24) is 4.31 Å². The van der Waals surface area contributed by atoms with Gasteiger partial charge in [-0.15, -0.1) is 0 Å². The molecule has 0 bridgehead atoms. The van der Waals surface area contributed by atoms with E-state index in [2.05, 4.69) is 5.32 Å². The third-order valence-electron chi connectivity index (χ3n) is 4.98. The first-order valence-corrected chi connectivity index (χ1v) is 11.4. The number of benzene rings is 2. The van der Waals surface area contributed by atoms with E-state index >= 15 is 0 Å². The number of sulfonamides is 1. The van der Waals surface area contributed by atoms with E-state index in [1.54, 1.807) is 19.1 Å². The molecule has 166 valence electrons. The Kier molecular flexibility index (Phi) is 7.32. The fourth-order valence-corrected chi connectivity index (χ4v) is 4.66. The summed E-state index contributed by atoms with van der Waals surface area (Å²) < 4.78 is 37.2. The summed E-state index contributed by atoms with van der Waals surface area (Å²) in [5, 5.41) is 2.66. The Morgan fingerprint density at radius 1 is 1.16 bits per heavy atom. The summed E-state index contributed by atoms with van der Waals surface area (Å²) in [6.45, 7) is 4.28. The van der Waals surface area contributed by atoms with Gasteiger partial charge in [-0.05, 0) is 49.2 Å². The number of hydrogen-bond donors (Lipinski definition) is 1. The molecular formula is C21H23ClN2O6S. The van der Waals surface area contributed by atoms with Crippen LogP contribution in [0.1, 0.15) is 21.5 Å². The second-order valence-electron chi connectivity index (χ2n) is 7.03. The van der Waals surface area contributed by atoms with Gasteiger partial charge >= 0.3 is 5.97 Å². The van der Waals surface area contributed by atoms with Gasteiger partial charge in [0, 0.05) is 13.1 Å². The van der Waals surface area contributed by atoms with Crippen molar-refractivity contribution in [2.45, 2.75) is 18.7 Å². The molecule has 0 aliphatic carbocycles. The maximum atomic E-state index is 12.8. The second kappa shape index (κ2) is 9.78. The number of anilines is 1. The molecular weight excluding hydrogens is 444 g/mol. The van der Waals surface area contributed by atoms with Crippen molar-refractivity contribution in [3.8, 4) is 0 Å². The van der Waals surface area contributed by atoms with E-state index in [1.165, 1.54) is 22.5 Å². The van der Waals surface area contributed by atoms with Crippen molar-refractivity contribution in [1.29, 1.82) is 0 Å². The van der Waals surface area contributed by atoms with E-state index in [4.69, 9.17) is 21.1 Å². The van der Waals surface area contributed by atoms with Crippen molar-refractivity contribution in [3.05, 3.63) is 58.1 Å². The summed E-state index contributed by atoms with van der Waals surface area (Å²) in [4.78, 5) is 24.6. The minimum absolute atomic E-state index is 0.00137. The number of carbonyl (C=O) groups is 2. The predicted octanol–water partition coefficient (Wildman–Crippen LogP) is 2.77. The molecule has 1 aliphatic heterocycles. The fourth-order valence-electron chi connectivity index (χ4n) is 3.06. The van der Waals surface area contributed by atoms with Crippen LogP contribution in [0.3, 0.4) is 0 Å². The highest BCUT2D eigenvalue weighted by molar-refractivity contribution is 7.89. The lowest BCUT2D eigenvalue weighted by molar-refractivity contribution is -0.119. The lowest BCUT2D eigenvalue weighted by Crippen LogP contribution is -2.40. The van der Waals surface area contributed by atoms with E-state index in [-0.39, 0.29) is 28.7 Å². The number of halogens is 1. The lowest BCUT2D eigenvalue weighted by atomic mass is 10.0. The zero-order chi connectivity index (χ0) is 22.6. The Hall–Kier alpha value is -2.46.